The van der Waals surface area contributed by atoms with Crippen molar-refractivity contribution in [3.8, 4) is 5.75 Å². The summed E-state index contributed by atoms with van der Waals surface area (Å²) in [7, 11) is 1.56. The number of carbonyl (C=O) groups excluding carboxylic acids is 2. The highest BCUT2D eigenvalue weighted by atomic mass is 16.5. The Labute approximate surface area is 133 Å². The van der Waals surface area contributed by atoms with Crippen LogP contribution in [0.15, 0.2) is 30.5 Å². The number of nitrogens with one attached hydrogen (secondary N) is 1. The number of anilines is 1. The second-order valence-electron chi connectivity index (χ2n) is 5.77. The molecule has 0 saturated heterocycles. The van der Waals surface area contributed by atoms with Crippen molar-refractivity contribution in [2.75, 3.05) is 12.0 Å². The van der Waals surface area contributed by atoms with Gasteiger partial charge in [0.15, 0.2) is 5.69 Å². The predicted octanol–water partition coefficient (Wildman–Crippen LogP) is 1.30. The second-order valence-corrected chi connectivity index (χ2v) is 5.77. The smallest absolute Gasteiger partial charge is 0.497 e. The molecule has 0 atom stereocenters. The molecule has 0 bridgehead atoms. The summed E-state index contributed by atoms with van der Waals surface area (Å²) in [4.78, 5) is 30.0. The summed E-state index contributed by atoms with van der Waals surface area (Å²) in [5, 5.41) is 0. The minimum absolute atomic E-state index is 0.312. The van der Waals surface area contributed by atoms with E-state index in [1.165, 1.54) is 4.90 Å². The van der Waals surface area contributed by atoms with Gasteiger partial charge in [-0.15, -0.1) is 9.47 Å². The van der Waals surface area contributed by atoms with Gasteiger partial charge in [0.25, 0.3) is 5.69 Å². The Bertz CT molecular complexity index is 832. The molecule has 0 radical (unpaired) electrons. The van der Waals surface area contributed by atoms with Crippen molar-refractivity contribution >= 4 is 17.6 Å². The molecule has 2 amide bonds. The lowest BCUT2D eigenvalue weighted by Gasteiger charge is -2.09. The van der Waals surface area contributed by atoms with Crippen molar-refractivity contribution in [3.05, 3.63) is 47.5 Å². The largest absolute Gasteiger partial charge is 0.512 e. The van der Waals surface area contributed by atoms with Crippen LogP contribution in [0, 0.1) is 0 Å². The van der Waals surface area contributed by atoms with Crippen molar-refractivity contribution in [2.24, 2.45) is 0 Å². The molecule has 1 aromatic carbocycles. The fourth-order valence-corrected chi connectivity index (χ4v) is 3.31. The van der Waals surface area contributed by atoms with Gasteiger partial charge in [0.05, 0.1) is 7.11 Å². The maximum atomic E-state index is 12.9. The van der Waals surface area contributed by atoms with Crippen molar-refractivity contribution < 1.29 is 23.9 Å². The summed E-state index contributed by atoms with van der Waals surface area (Å²) in [6.07, 6.45) is 5.50. The standard InChI is InChI=1S/C17H16N3O3/c1-23-12-6-4-5-11(9-12)19-16(21)15-10-18-13-7-2-3-8-14(13)20(15)17(19)22/h4-6,9-10H,2-3,7-8H2,1H3/q+1/p+1. The third-order valence-corrected chi connectivity index (χ3v) is 4.45. The molecular formula is C17H17N3O3+2. The van der Waals surface area contributed by atoms with E-state index >= 15 is 0 Å². The van der Waals surface area contributed by atoms with E-state index in [4.69, 9.17) is 4.74 Å². The van der Waals surface area contributed by atoms with Crippen LogP contribution in [-0.4, -0.2) is 19.0 Å². The predicted molar refractivity (Wildman–Crippen MR) is 80.4 cm³/mol. The number of benzene rings is 1. The number of ether oxygens (including phenoxy) is 1. The SMILES string of the molecule is COc1cccc(N2C(=O)c3c[nH+]c4c([n+]3C2=O)CCCC4)c1. The number of carbonyl (C=O) groups is 2. The number of hydrogen-bond acceptors (Lipinski definition) is 3. The fraction of sp³-hybridized carbons (Fsp3) is 0.294. The van der Waals surface area contributed by atoms with E-state index in [-0.39, 0.29) is 11.9 Å². The number of methoxy groups -OCH3 is 1. The summed E-state index contributed by atoms with van der Waals surface area (Å²) in [6.45, 7) is 0. The molecular weight excluding hydrogens is 294 g/mol. The van der Waals surface area contributed by atoms with Gasteiger partial charge in [-0.05, 0) is 25.0 Å². The first kappa shape index (κ1) is 13.9. The topological polar surface area (TPSA) is 64.6 Å². The van der Waals surface area contributed by atoms with E-state index in [1.807, 2.05) is 0 Å². The zero-order valence-electron chi connectivity index (χ0n) is 12.8. The maximum absolute atomic E-state index is 12.9. The molecule has 0 unspecified atom stereocenters. The van der Waals surface area contributed by atoms with E-state index in [1.54, 1.807) is 42.1 Å². The number of amides is 2. The Balaban J connectivity index is 1.83. The van der Waals surface area contributed by atoms with E-state index in [9.17, 15) is 9.59 Å². The monoisotopic (exact) mass is 311 g/mol. The van der Waals surface area contributed by atoms with E-state index < -0.39 is 0 Å². The fourth-order valence-electron chi connectivity index (χ4n) is 3.31. The Morgan fingerprint density at radius 2 is 2.04 bits per heavy atom. The lowest BCUT2D eigenvalue weighted by Crippen LogP contribution is -2.52. The first-order chi connectivity index (χ1) is 11.2. The number of fused-ring (bicyclic) bond motifs is 3. The van der Waals surface area contributed by atoms with E-state index in [0.717, 1.165) is 37.1 Å². The molecule has 1 aliphatic carbocycles. The number of aromatic nitrogens is 2. The average Bonchev–Trinajstić information content (AvgIpc) is 2.86. The molecule has 2 heterocycles. The van der Waals surface area contributed by atoms with Crippen LogP contribution in [0.2, 0.25) is 0 Å². The quantitative estimate of drug-likeness (QED) is 0.785. The Morgan fingerprint density at radius 1 is 1.22 bits per heavy atom. The number of imide groups is 1. The lowest BCUT2D eigenvalue weighted by molar-refractivity contribution is -0.596. The number of nitrogens with zero attached hydrogens (tertiary/aromatic N) is 2. The number of H-pyrrole nitrogens is 1. The van der Waals surface area contributed by atoms with Gasteiger partial charge in [-0.25, -0.2) is 9.78 Å². The average molecular weight is 311 g/mol. The summed E-state index contributed by atoms with van der Waals surface area (Å²) in [5.41, 5.74) is 2.89. The first-order valence-corrected chi connectivity index (χ1v) is 7.72. The van der Waals surface area contributed by atoms with Gasteiger partial charge in [-0.2, -0.15) is 4.79 Å². The molecule has 2 aromatic rings. The zero-order valence-corrected chi connectivity index (χ0v) is 12.8. The van der Waals surface area contributed by atoms with Crippen molar-refractivity contribution in [2.45, 2.75) is 25.7 Å². The summed E-state index contributed by atoms with van der Waals surface area (Å²) < 4.78 is 6.75. The molecule has 4 rings (SSSR count). The van der Waals surface area contributed by atoms with Gasteiger partial charge in [-0.3, -0.25) is 0 Å². The number of rotatable bonds is 2. The van der Waals surface area contributed by atoms with Crippen molar-refractivity contribution in [1.29, 1.82) is 0 Å². The minimum atomic E-state index is -0.314. The Morgan fingerprint density at radius 3 is 2.87 bits per heavy atom. The third-order valence-electron chi connectivity index (χ3n) is 4.45. The van der Waals surface area contributed by atoms with Gasteiger partial charge in [-0.1, -0.05) is 6.07 Å². The van der Waals surface area contributed by atoms with Crippen molar-refractivity contribution in [3.63, 3.8) is 0 Å². The lowest BCUT2D eigenvalue weighted by atomic mass is 10.00. The molecule has 1 aromatic heterocycles. The van der Waals surface area contributed by atoms with Gasteiger partial charge in [0.2, 0.25) is 11.9 Å². The van der Waals surface area contributed by atoms with Crippen LogP contribution in [0.4, 0.5) is 10.5 Å². The van der Waals surface area contributed by atoms with Crippen LogP contribution >= 0.6 is 0 Å². The molecule has 1 aliphatic heterocycles. The molecule has 0 fully saturated rings. The molecule has 2 aliphatic rings. The third kappa shape index (κ3) is 2.02. The van der Waals surface area contributed by atoms with Gasteiger partial charge in [0, 0.05) is 18.9 Å². The van der Waals surface area contributed by atoms with Crippen LogP contribution in [-0.2, 0) is 12.8 Å². The highest BCUT2D eigenvalue weighted by Gasteiger charge is 2.51. The molecule has 23 heavy (non-hydrogen) atoms. The summed E-state index contributed by atoms with van der Waals surface area (Å²) >= 11 is 0. The minimum Gasteiger partial charge on any atom is -0.497 e. The second kappa shape index (κ2) is 5.15. The Hall–Kier alpha value is -2.76. The highest BCUT2D eigenvalue weighted by molar-refractivity contribution is 6.20. The summed E-state index contributed by atoms with van der Waals surface area (Å²) in [5.74, 6) is 0.297. The Kier molecular flexibility index (Phi) is 3.11. The number of aromatic amines is 1. The first-order valence-electron chi connectivity index (χ1n) is 7.72. The van der Waals surface area contributed by atoms with E-state index in [0.29, 0.717) is 17.1 Å². The number of aryl methyl sites for hydroxylation is 1. The normalized spacial score (nSPS) is 16.3. The van der Waals surface area contributed by atoms with Crippen LogP contribution < -0.4 is 19.2 Å². The molecule has 0 spiro atoms. The zero-order chi connectivity index (χ0) is 16.0. The molecule has 6 nitrogen and oxygen atoms in total. The summed E-state index contributed by atoms with van der Waals surface area (Å²) in [6, 6.07) is 6.67. The van der Waals surface area contributed by atoms with Gasteiger partial charge >= 0.3 is 11.9 Å². The molecule has 6 heteroatoms. The van der Waals surface area contributed by atoms with E-state index in [2.05, 4.69) is 4.98 Å². The van der Waals surface area contributed by atoms with Gasteiger partial charge < -0.3 is 4.74 Å². The molecule has 0 saturated carbocycles. The maximum Gasteiger partial charge on any atom is 0.512 e. The molecule has 116 valence electrons. The van der Waals surface area contributed by atoms with Crippen LogP contribution in [0.25, 0.3) is 0 Å². The highest BCUT2D eigenvalue weighted by Crippen LogP contribution is 2.25. The van der Waals surface area contributed by atoms with Gasteiger partial charge in [0.1, 0.15) is 11.4 Å². The van der Waals surface area contributed by atoms with Crippen molar-refractivity contribution in [1.82, 2.24) is 0 Å². The molecule has 1 N–H and O–H groups in total. The number of hydrogen-bond donors (Lipinski definition) is 0. The van der Waals surface area contributed by atoms with Crippen LogP contribution in [0.1, 0.15) is 34.7 Å². The van der Waals surface area contributed by atoms with Crippen LogP contribution in [0.3, 0.4) is 0 Å². The van der Waals surface area contributed by atoms with Crippen LogP contribution in [0.5, 0.6) is 5.75 Å².